The van der Waals surface area contributed by atoms with E-state index in [2.05, 4.69) is 0 Å². The highest BCUT2D eigenvalue weighted by molar-refractivity contribution is 5.78. The summed E-state index contributed by atoms with van der Waals surface area (Å²) in [4.78, 5) is 44.3. The first-order valence-corrected chi connectivity index (χ1v) is 5.87. The Morgan fingerprint density at radius 3 is 1.39 bits per heavy atom. The van der Waals surface area contributed by atoms with Gasteiger partial charge in [0.1, 0.15) is 12.6 Å². The van der Waals surface area contributed by atoms with E-state index in [9.17, 15) is 19.2 Å². The molecule has 0 aliphatic heterocycles. The molecule has 0 spiro atoms. The number of hydrogen-bond acceptors (Lipinski definition) is 4. The molecule has 98 valence electrons. The van der Waals surface area contributed by atoms with Gasteiger partial charge in [-0.05, 0) is 24.7 Å². The van der Waals surface area contributed by atoms with Crippen LogP contribution in [0.2, 0.25) is 0 Å². The second-order valence-electron chi connectivity index (χ2n) is 5.12. The van der Waals surface area contributed by atoms with Crippen molar-refractivity contribution >= 4 is 24.5 Å². The number of rotatable bonds is 4. The van der Waals surface area contributed by atoms with Crippen molar-refractivity contribution in [2.75, 3.05) is 0 Å². The Kier molecular flexibility index (Phi) is 3.19. The second-order valence-corrected chi connectivity index (χ2v) is 5.12. The van der Waals surface area contributed by atoms with E-state index in [1.54, 1.807) is 0 Å². The Morgan fingerprint density at radius 1 is 0.833 bits per heavy atom. The van der Waals surface area contributed by atoms with Crippen LogP contribution in [0.4, 0.5) is 0 Å². The lowest BCUT2D eigenvalue weighted by Crippen LogP contribution is -2.27. The standard InChI is InChI=1S/C12H14O6/c13-3-5-1-7(11(15)16)10-6(4-14)2-8(9(5)10)12(17)18/h3-10H,1-2H2,(H,15,16)(H,17,18). The maximum absolute atomic E-state index is 11.2. The van der Waals surface area contributed by atoms with E-state index in [1.807, 2.05) is 0 Å². The SMILES string of the molecule is O=CC1CC(C(=O)O)C2C(C=O)CC(C(=O)O)C12. The van der Waals surface area contributed by atoms with Crippen molar-refractivity contribution in [1.29, 1.82) is 0 Å². The fourth-order valence-electron chi connectivity index (χ4n) is 3.74. The molecule has 0 amide bonds. The first-order valence-electron chi connectivity index (χ1n) is 5.87. The van der Waals surface area contributed by atoms with Crippen molar-refractivity contribution < 1.29 is 29.4 Å². The molecule has 6 heteroatoms. The highest BCUT2D eigenvalue weighted by Gasteiger charge is 2.58. The van der Waals surface area contributed by atoms with Gasteiger partial charge in [-0.25, -0.2) is 0 Å². The van der Waals surface area contributed by atoms with Crippen molar-refractivity contribution in [3.63, 3.8) is 0 Å². The van der Waals surface area contributed by atoms with Gasteiger partial charge in [-0.2, -0.15) is 0 Å². The molecule has 0 aromatic carbocycles. The average molecular weight is 254 g/mol. The summed E-state index contributed by atoms with van der Waals surface area (Å²) in [6.07, 6.45) is 1.57. The zero-order valence-corrected chi connectivity index (χ0v) is 9.56. The summed E-state index contributed by atoms with van der Waals surface area (Å²) in [5.41, 5.74) is 0. The molecule has 2 rings (SSSR count). The van der Waals surface area contributed by atoms with Gasteiger partial charge < -0.3 is 19.8 Å². The first-order chi connectivity index (χ1) is 8.51. The average Bonchev–Trinajstić information content (AvgIpc) is 2.85. The predicted octanol–water partition coefficient (Wildman–Crippen LogP) is 0.0580. The molecule has 2 saturated carbocycles. The molecule has 2 fully saturated rings. The molecule has 2 aliphatic carbocycles. The van der Waals surface area contributed by atoms with E-state index in [4.69, 9.17) is 10.2 Å². The largest absolute Gasteiger partial charge is 0.481 e. The van der Waals surface area contributed by atoms with E-state index in [1.165, 1.54) is 0 Å². The molecule has 0 aromatic rings. The number of carbonyl (C=O) groups is 4. The van der Waals surface area contributed by atoms with Crippen LogP contribution in [0.5, 0.6) is 0 Å². The normalized spacial score (nSPS) is 42.2. The maximum atomic E-state index is 11.2. The van der Waals surface area contributed by atoms with Crippen LogP contribution in [-0.2, 0) is 19.2 Å². The van der Waals surface area contributed by atoms with Crippen LogP contribution >= 0.6 is 0 Å². The molecule has 2 aliphatic rings. The topological polar surface area (TPSA) is 109 Å². The van der Waals surface area contributed by atoms with Gasteiger partial charge in [0.25, 0.3) is 0 Å². The molecule has 18 heavy (non-hydrogen) atoms. The van der Waals surface area contributed by atoms with Crippen molar-refractivity contribution in [1.82, 2.24) is 0 Å². The lowest BCUT2D eigenvalue weighted by Gasteiger charge is -2.20. The number of aldehydes is 2. The smallest absolute Gasteiger partial charge is 0.306 e. The van der Waals surface area contributed by atoms with Crippen molar-refractivity contribution in [3.8, 4) is 0 Å². The Bertz CT molecular complexity index is 365. The molecular weight excluding hydrogens is 240 g/mol. The van der Waals surface area contributed by atoms with Crippen LogP contribution in [0.1, 0.15) is 12.8 Å². The summed E-state index contributed by atoms with van der Waals surface area (Å²) in [5.74, 6) is -5.84. The summed E-state index contributed by atoms with van der Waals surface area (Å²) in [5, 5.41) is 18.3. The molecule has 2 N–H and O–H groups in total. The number of aliphatic carboxylic acids is 2. The molecule has 6 unspecified atom stereocenters. The third-order valence-electron chi connectivity index (χ3n) is 4.40. The summed E-state index contributed by atoms with van der Waals surface area (Å²) in [7, 11) is 0. The van der Waals surface area contributed by atoms with E-state index in [0.29, 0.717) is 12.6 Å². The van der Waals surface area contributed by atoms with Crippen LogP contribution in [-0.4, -0.2) is 34.7 Å². The third kappa shape index (κ3) is 1.72. The van der Waals surface area contributed by atoms with Gasteiger partial charge in [0.15, 0.2) is 0 Å². The number of carbonyl (C=O) groups excluding carboxylic acids is 2. The summed E-state index contributed by atoms with van der Waals surface area (Å²) >= 11 is 0. The van der Waals surface area contributed by atoms with E-state index in [-0.39, 0.29) is 12.8 Å². The third-order valence-corrected chi connectivity index (χ3v) is 4.40. The van der Waals surface area contributed by atoms with Crippen LogP contribution in [0.25, 0.3) is 0 Å². The van der Waals surface area contributed by atoms with Crippen molar-refractivity contribution in [2.45, 2.75) is 12.8 Å². The zero-order valence-electron chi connectivity index (χ0n) is 9.56. The Labute approximate surface area is 103 Å². The van der Waals surface area contributed by atoms with Crippen LogP contribution in [0, 0.1) is 35.5 Å². The minimum Gasteiger partial charge on any atom is -0.481 e. The van der Waals surface area contributed by atoms with E-state index >= 15 is 0 Å². The molecule has 0 saturated heterocycles. The van der Waals surface area contributed by atoms with Gasteiger partial charge in [0, 0.05) is 11.8 Å². The maximum Gasteiger partial charge on any atom is 0.306 e. The summed E-state index contributed by atoms with van der Waals surface area (Å²) < 4.78 is 0. The monoisotopic (exact) mass is 254 g/mol. The highest BCUT2D eigenvalue weighted by atomic mass is 16.4. The lowest BCUT2D eigenvalue weighted by molar-refractivity contribution is -0.145. The van der Waals surface area contributed by atoms with Crippen molar-refractivity contribution in [2.24, 2.45) is 35.5 Å². The van der Waals surface area contributed by atoms with E-state index in [0.717, 1.165) is 0 Å². The molecule has 0 aromatic heterocycles. The number of fused-ring (bicyclic) bond motifs is 1. The molecule has 0 heterocycles. The fourth-order valence-corrected chi connectivity index (χ4v) is 3.74. The summed E-state index contributed by atoms with van der Waals surface area (Å²) in [6, 6.07) is 0. The number of hydrogen-bond donors (Lipinski definition) is 2. The molecule has 0 radical (unpaired) electrons. The Balaban J connectivity index is 2.38. The van der Waals surface area contributed by atoms with Crippen molar-refractivity contribution in [3.05, 3.63) is 0 Å². The fraction of sp³-hybridized carbons (Fsp3) is 0.667. The molecule has 6 atom stereocenters. The van der Waals surface area contributed by atoms with Gasteiger partial charge >= 0.3 is 11.9 Å². The summed E-state index contributed by atoms with van der Waals surface area (Å²) in [6.45, 7) is 0. The van der Waals surface area contributed by atoms with Gasteiger partial charge in [0.2, 0.25) is 0 Å². The van der Waals surface area contributed by atoms with Gasteiger partial charge in [-0.3, -0.25) is 9.59 Å². The van der Waals surface area contributed by atoms with Crippen LogP contribution in [0.15, 0.2) is 0 Å². The number of carboxylic acid groups (broad SMARTS) is 2. The highest BCUT2D eigenvalue weighted by Crippen LogP contribution is 2.55. The zero-order chi connectivity index (χ0) is 13.4. The van der Waals surface area contributed by atoms with Crippen LogP contribution < -0.4 is 0 Å². The molecule has 6 nitrogen and oxygen atoms in total. The van der Waals surface area contributed by atoms with Gasteiger partial charge in [-0.15, -0.1) is 0 Å². The van der Waals surface area contributed by atoms with E-state index < -0.39 is 47.4 Å². The quantitative estimate of drug-likeness (QED) is 0.686. The first kappa shape index (κ1) is 12.7. The van der Waals surface area contributed by atoms with Gasteiger partial charge in [0.05, 0.1) is 11.8 Å². The minimum absolute atomic E-state index is 0.141. The van der Waals surface area contributed by atoms with Gasteiger partial charge in [-0.1, -0.05) is 0 Å². The minimum atomic E-state index is -1.05. The second kappa shape index (κ2) is 4.51. The number of carboxylic acids is 2. The molecular formula is C12H14O6. The molecule has 0 bridgehead atoms. The Hall–Kier alpha value is -1.72. The lowest BCUT2D eigenvalue weighted by atomic mass is 9.83. The van der Waals surface area contributed by atoms with Crippen LogP contribution in [0.3, 0.4) is 0 Å². The predicted molar refractivity (Wildman–Crippen MR) is 57.6 cm³/mol. The Morgan fingerprint density at radius 2 is 1.17 bits per heavy atom.